The lowest BCUT2D eigenvalue weighted by atomic mass is 10.2. The molecule has 1 aliphatic carbocycles. The van der Waals surface area contributed by atoms with Crippen LogP contribution in [0.15, 0.2) is 48.5 Å². The van der Waals surface area contributed by atoms with Gasteiger partial charge in [0.25, 0.3) is 0 Å². The molecule has 0 radical (unpaired) electrons. The summed E-state index contributed by atoms with van der Waals surface area (Å²) < 4.78 is 31.6. The van der Waals surface area contributed by atoms with Crippen molar-refractivity contribution in [3.05, 3.63) is 54.1 Å². The van der Waals surface area contributed by atoms with Crippen molar-refractivity contribution in [1.29, 1.82) is 0 Å². The highest BCUT2D eigenvalue weighted by molar-refractivity contribution is 7.92. The first-order chi connectivity index (χ1) is 14.3. The van der Waals surface area contributed by atoms with Gasteiger partial charge in [0.1, 0.15) is 5.75 Å². The lowest BCUT2D eigenvalue weighted by Crippen LogP contribution is -2.31. The predicted molar refractivity (Wildman–Crippen MR) is 121 cm³/mol. The summed E-state index contributed by atoms with van der Waals surface area (Å²) in [5, 5.41) is 2.86. The molecule has 1 aliphatic rings. The fourth-order valence-corrected chi connectivity index (χ4v) is 4.59. The molecule has 1 amide bonds. The van der Waals surface area contributed by atoms with Gasteiger partial charge in [0.2, 0.25) is 15.9 Å². The Balaban J connectivity index is 1.48. The molecule has 0 aromatic heterocycles. The number of rotatable bonds is 9. The van der Waals surface area contributed by atoms with Crippen LogP contribution in [0.3, 0.4) is 0 Å². The van der Waals surface area contributed by atoms with E-state index in [0.29, 0.717) is 23.9 Å². The summed E-state index contributed by atoms with van der Waals surface area (Å²) in [5.74, 6) is 0.679. The molecule has 1 N–H and O–H groups in total. The lowest BCUT2D eigenvalue weighted by molar-refractivity contribution is -0.116. The van der Waals surface area contributed by atoms with Gasteiger partial charge in [0, 0.05) is 18.7 Å². The molecule has 0 saturated heterocycles. The zero-order valence-electron chi connectivity index (χ0n) is 17.6. The van der Waals surface area contributed by atoms with Crippen molar-refractivity contribution in [2.45, 2.75) is 51.6 Å². The molecule has 30 heavy (non-hydrogen) atoms. The van der Waals surface area contributed by atoms with Crippen molar-refractivity contribution in [3.8, 4) is 5.75 Å². The summed E-state index contributed by atoms with van der Waals surface area (Å²) in [7, 11) is -3.41. The van der Waals surface area contributed by atoms with Gasteiger partial charge >= 0.3 is 0 Å². The number of carbonyl (C=O) groups is 1. The smallest absolute Gasteiger partial charge is 0.232 e. The summed E-state index contributed by atoms with van der Waals surface area (Å²) >= 11 is 0. The first-order valence-electron chi connectivity index (χ1n) is 10.4. The van der Waals surface area contributed by atoms with Crippen molar-refractivity contribution in [2.24, 2.45) is 0 Å². The third-order valence-electron chi connectivity index (χ3n) is 5.23. The second-order valence-corrected chi connectivity index (χ2v) is 9.78. The van der Waals surface area contributed by atoms with E-state index in [1.165, 1.54) is 23.4 Å². The number of sulfonamides is 1. The van der Waals surface area contributed by atoms with Gasteiger partial charge in [-0.2, -0.15) is 0 Å². The Kier molecular flexibility index (Phi) is 7.37. The van der Waals surface area contributed by atoms with Crippen molar-refractivity contribution >= 4 is 27.3 Å². The number of hydrogen-bond acceptors (Lipinski definition) is 4. The maximum absolute atomic E-state index is 12.3. The zero-order valence-corrected chi connectivity index (χ0v) is 18.5. The van der Waals surface area contributed by atoms with Gasteiger partial charge < -0.3 is 10.1 Å². The minimum atomic E-state index is -3.41. The highest BCUT2D eigenvalue weighted by atomic mass is 32.2. The first-order valence-corrected chi connectivity index (χ1v) is 12.3. The van der Waals surface area contributed by atoms with Crippen LogP contribution in [0.5, 0.6) is 5.75 Å². The van der Waals surface area contributed by atoms with Crippen LogP contribution in [0, 0.1) is 6.92 Å². The third kappa shape index (κ3) is 6.49. The summed E-state index contributed by atoms with van der Waals surface area (Å²) in [5.41, 5.74) is 2.38. The number of ether oxygens (including phenoxy) is 1. The van der Waals surface area contributed by atoms with Gasteiger partial charge in [-0.25, -0.2) is 8.42 Å². The van der Waals surface area contributed by atoms with E-state index in [2.05, 4.69) is 5.32 Å². The Morgan fingerprint density at radius 3 is 2.30 bits per heavy atom. The Hall–Kier alpha value is -2.54. The van der Waals surface area contributed by atoms with E-state index in [0.717, 1.165) is 24.2 Å². The summed E-state index contributed by atoms with van der Waals surface area (Å²) in [6.45, 7) is 2.20. The maximum Gasteiger partial charge on any atom is 0.232 e. The van der Waals surface area contributed by atoms with E-state index in [9.17, 15) is 13.2 Å². The normalized spacial score (nSPS) is 14.5. The molecule has 0 aliphatic heterocycles. The number of nitrogens with zero attached hydrogens (tertiary/aromatic N) is 1. The van der Waals surface area contributed by atoms with Crippen LogP contribution < -0.4 is 14.4 Å². The molecule has 0 unspecified atom stereocenters. The average molecular weight is 431 g/mol. The fraction of sp³-hybridized carbons (Fsp3) is 0.435. The highest BCUT2D eigenvalue weighted by Gasteiger charge is 2.18. The van der Waals surface area contributed by atoms with Gasteiger partial charge in [-0.05, 0) is 75.4 Å². The molecule has 2 aromatic rings. The summed E-state index contributed by atoms with van der Waals surface area (Å²) in [6, 6.07) is 14.7. The standard InChI is InChI=1S/C23H30N2O4S/c1-18-9-13-20(14-10-18)25(30(2,27)28)17-5-8-23(26)24-19-11-15-22(16-12-19)29-21-6-3-4-7-21/h9-16,21H,3-8,17H2,1-2H3,(H,24,26). The molecule has 1 fully saturated rings. The Morgan fingerprint density at radius 2 is 1.70 bits per heavy atom. The second-order valence-electron chi connectivity index (χ2n) is 7.87. The average Bonchev–Trinajstić information content (AvgIpc) is 3.20. The van der Waals surface area contributed by atoms with Crippen LogP contribution in [-0.2, 0) is 14.8 Å². The molecule has 2 aromatic carbocycles. The van der Waals surface area contributed by atoms with Crippen LogP contribution in [0.25, 0.3) is 0 Å². The lowest BCUT2D eigenvalue weighted by Gasteiger charge is -2.22. The van der Waals surface area contributed by atoms with E-state index in [-0.39, 0.29) is 18.9 Å². The summed E-state index contributed by atoms with van der Waals surface area (Å²) in [6.07, 6.45) is 6.79. The Morgan fingerprint density at radius 1 is 1.07 bits per heavy atom. The van der Waals surface area contributed by atoms with Gasteiger partial charge in [-0.3, -0.25) is 9.10 Å². The van der Waals surface area contributed by atoms with Crippen molar-refractivity contribution in [2.75, 3.05) is 22.4 Å². The van der Waals surface area contributed by atoms with E-state index in [4.69, 9.17) is 4.74 Å². The first kappa shape index (κ1) is 22.2. The fourth-order valence-electron chi connectivity index (χ4n) is 3.62. The van der Waals surface area contributed by atoms with E-state index < -0.39 is 10.0 Å². The molecule has 0 atom stereocenters. The highest BCUT2D eigenvalue weighted by Crippen LogP contribution is 2.25. The van der Waals surface area contributed by atoms with E-state index >= 15 is 0 Å². The number of aryl methyl sites for hydroxylation is 1. The number of amides is 1. The minimum Gasteiger partial charge on any atom is -0.490 e. The number of anilines is 2. The number of carbonyl (C=O) groups excluding carboxylic acids is 1. The summed E-state index contributed by atoms with van der Waals surface area (Å²) in [4.78, 5) is 12.3. The SMILES string of the molecule is Cc1ccc(N(CCCC(=O)Nc2ccc(OC3CCCC3)cc2)S(C)(=O)=O)cc1. The Bertz CT molecular complexity index is 934. The molecule has 1 saturated carbocycles. The number of nitrogens with one attached hydrogen (secondary N) is 1. The third-order valence-corrected chi connectivity index (χ3v) is 6.42. The second kappa shape index (κ2) is 9.98. The van der Waals surface area contributed by atoms with Crippen molar-refractivity contribution in [1.82, 2.24) is 0 Å². The zero-order chi connectivity index (χ0) is 21.6. The quantitative estimate of drug-likeness (QED) is 0.635. The van der Waals surface area contributed by atoms with E-state index in [1.807, 2.05) is 43.3 Å². The van der Waals surface area contributed by atoms with Crippen molar-refractivity contribution < 1.29 is 17.9 Å². The van der Waals surface area contributed by atoms with Crippen LogP contribution in [0.4, 0.5) is 11.4 Å². The molecule has 6 nitrogen and oxygen atoms in total. The largest absolute Gasteiger partial charge is 0.490 e. The molecule has 0 heterocycles. The molecular weight excluding hydrogens is 400 g/mol. The molecule has 162 valence electrons. The van der Waals surface area contributed by atoms with Crippen LogP contribution in [-0.4, -0.2) is 33.2 Å². The van der Waals surface area contributed by atoms with Gasteiger partial charge in [0.15, 0.2) is 0 Å². The van der Waals surface area contributed by atoms with Crippen LogP contribution in [0.1, 0.15) is 44.1 Å². The molecule has 3 rings (SSSR count). The van der Waals surface area contributed by atoms with Gasteiger partial charge in [0.05, 0.1) is 18.0 Å². The molecule has 7 heteroatoms. The van der Waals surface area contributed by atoms with Crippen molar-refractivity contribution in [3.63, 3.8) is 0 Å². The van der Waals surface area contributed by atoms with Gasteiger partial charge in [-0.15, -0.1) is 0 Å². The van der Waals surface area contributed by atoms with Crippen LogP contribution >= 0.6 is 0 Å². The molecular formula is C23H30N2O4S. The molecule has 0 bridgehead atoms. The topological polar surface area (TPSA) is 75.7 Å². The number of hydrogen-bond donors (Lipinski definition) is 1. The van der Waals surface area contributed by atoms with Crippen LogP contribution in [0.2, 0.25) is 0 Å². The molecule has 0 spiro atoms. The predicted octanol–water partition coefficient (Wildman–Crippen LogP) is 4.50. The monoisotopic (exact) mass is 430 g/mol. The minimum absolute atomic E-state index is 0.142. The van der Waals surface area contributed by atoms with E-state index in [1.54, 1.807) is 12.1 Å². The maximum atomic E-state index is 12.3. The van der Waals surface area contributed by atoms with Gasteiger partial charge in [-0.1, -0.05) is 17.7 Å². The Labute approximate surface area is 179 Å². The number of benzene rings is 2.